The summed E-state index contributed by atoms with van der Waals surface area (Å²) in [5.41, 5.74) is 1.67. The molecule has 0 saturated carbocycles. The minimum absolute atomic E-state index is 0.437. The van der Waals surface area contributed by atoms with Gasteiger partial charge < -0.3 is 5.32 Å². The Bertz CT molecular complexity index is 566. The lowest BCUT2D eigenvalue weighted by Crippen LogP contribution is -2.14. The molecule has 0 aliphatic heterocycles. The van der Waals surface area contributed by atoms with Crippen LogP contribution in [-0.4, -0.2) is 16.3 Å². The second-order valence-corrected chi connectivity index (χ2v) is 5.37. The minimum atomic E-state index is 0.437. The molecular weight excluding hydrogens is 305 g/mol. The average molecular weight is 319 g/mol. The van der Waals surface area contributed by atoms with Gasteiger partial charge in [0.2, 0.25) is 0 Å². The van der Waals surface area contributed by atoms with Crippen LogP contribution in [0.1, 0.15) is 19.0 Å². The maximum Gasteiger partial charge on any atom is 0.0847 e. The van der Waals surface area contributed by atoms with Crippen LogP contribution in [0.4, 0.5) is 0 Å². The molecule has 0 bridgehead atoms. The smallest absolute Gasteiger partial charge is 0.0847 e. The molecule has 6 heteroatoms. The summed E-state index contributed by atoms with van der Waals surface area (Å²) in [6.45, 7) is 3.83. The van der Waals surface area contributed by atoms with Crippen molar-refractivity contribution in [2.75, 3.05) is 6.54 Å². The Labute approximate surface area is 127 Å². The van der Waals surface area contributed by atoms with Crippen molar-refractivity contribution in [1.29, 1.82) is 0 Å². The van der Waals surface area contributed by atoms with Gasteiger partial charge >= 0.3 is 0 Å². The van der Waals surface area contributed by atoms with Crippen LogP contribution in [-0.2, 0) is 6.54 Å². The van der Waals surface area contributed by atoms with E-state index >= 15 is 0 Å². The lowest BCUT2D eigenvalue weighted by Gasteiger charge is -2.06. The van der Waals surface area contributed by atoms with Gasteiger partial charge in [0.1, 0.15) is 0 Å². The van der Waals surface area contributed by atoms with Crippen molar-refractivity contribution in [2.45, 2.75) is 19.9 Å². The summed E-state index contributed by atoms with van der Waals surface area (Å²) in [7, 11) is 0. The molecule has 102 valence electrons. The number of benzene rings is 1. The van der Waals surface area contributed by atoms with Crippen molar-refractivity contribution >= 4 is 34.8 Å². The number of rotatable bonds is 5. The minimum Gasteiger partial charge on any atom is -0.311 e. The van der Waals surface area contributed by atoms with E-state index in [0.29, 0.717) is 15.1 Å². The molecule has 1 N–H and O–H groups in total. The number of halogens is 3. The highest BCUT2D eigenvalue weighted by Crippen LogP contribution is 2.30. The average Bonchev–Trinajstić information content (AvgIpc) is 2.83. The highest BCUT2D eigenvalue weighted by atomic mass is 35.5. The van der Waals surface area contributed by atoms with E-state index in [-0.39, 0.29) is 0 Å². The fourth-order valence-electron chi connectivity index (χ4n) is 1.67. The van der Waals surface area contributed by atoms with Crippen molar-refractivity contribution in [3.8, 4) is 5.69 Å². The Balaban J connectivity index is 2.20. The molecule has 1 aromatic heterocycles. The van der Waals surface area contributed by atoms with E-state index in [1.54, 1.807) is 16.8 Å². The zero-order valence-corrected chi connectivity index (χ0v) is 12.7. The Morgan fingerprint density at radius 1 is 1.16 bits per heavy atom. The zero-order valence-electron chi connectivity index (χ0n) is 10.5. The van der Waals surface area contributed by atoms with Crippen molar-refractivity contribution < 1.29 is 0 Å². The van der Waals surface area contributed by atoms with Crippen LogP contribution in [0.15, 0.2) is 24.4 Å². The van der Waals surface area contributed by atoms with Crippen molar-refractivity contribution in [3.05, 3.63) is 45.2 Å². The molecule has 0 saturated heterocycles. The molecule has 0 radical (unpaired) electrons. The quantitative estimate of drug-likeness (QED) is 0.657. The van der Waals surface area contributed by atoms with Gasteiger partial charge in [-0.3, -0.25) is 0 Å². The number of hydrogen-bond acceptors (Lipinski definition) is 2. The maximum atomic E-state index is 6.15. The summed E-state index contributed by atoms with van der Waals surface area (Å²) in [4.78, 5) is 0. The van der Waals surface area contributed by atoms with Crippen LogP contribution in [0.5, 0.6) is 0 Å². The van der Waals surface area contributed by atoms with E-state index < -0.39 is 0 Å². The molecule has 19 heavy (non-hydrogen) atoms. The second-order valence-electron chi connectivity index (χ2n) is 4.15. The van der Waals surface area contributed by atoms with Gasteiger partial charge in [0.25, 0.3) is 0 Å². The van der Waals surface area contributed by atoms with Gasteiger partial charge in [0, 0.05) is 12.7 Å². The lowest BCUT2D eigenvalue weighted by molar-refractivity contribution is 0.656. The summed E-state index contributed by atoms with van der Waals surface area (Å²) in [6, 6.07) is 5.28. The first-order valence-corrected chi connectivity index (χ1v) is 7.15. The van der Waals surface area contributed by atoms with Crippen LogP contribution in [0.3, 0.4) is 0 Å². The van der Waals surface area contributed by atoms with Gasteiger partial charge in [-0.25, -0.2) is 4.68 Å². The van der Waals surface area contributed by atoms with Crippen molar-refractivity contribution in [2.24, 2.45) is 0 Å². The van der Waals surface area contributed by atoms with Crippen molar-refractivity contribution in [1.82, 2.24) is 15.1 Å². The van der Waals surface area contributed by atoms with Gasteiger partial charge in [0.05, 0.1) is 26.4 Å². The molecule has 0 aliphatic carbocycles. The third kappa shape index (κ3) is 3.63. The predicted octanol–water partition coefficient (Wildman–Crippen LogP) is 4.33. The molecule has 0 unspecified atom stereocenters. The predicted molar refractivity (Wildman–Crippen MR) is 80.6 cm³/mol. The third-order valence-corrected chi connectivity index (χ3v) is 3.64. The first kappa shape index (κ1) is 14.7. The highest BCUT2D eigenvalue weighted by molar-refractivity contribution is 6.43. The third-order valence-electron chi connectivity index (χ3n) is 2.61. The Kier molecular flexibility index (Phi) is 5.11. The van der Waals surface area contributed by atoms with Gasteiger partial charge in [-0.2, -0.15) is 5.10 Å². The zero-order chi connectivity index (χ0) is 13.8. The van der Waals surface area contributed by atoms with Crippen LogP contribution in [0.25, 0.3) is 5.69 Å². The van der Waals surface area contributed by atoms with Gasteiger partial charge in [-0.15, -0.1) is 0 Å². The molecule has 2 rings (SSSR count). The van der Waals surface area contributed by atoms with Gasteiger partial charge in [-0.1, -0.05) is 41.7 Å². The SMILES string of the molecule is CCCNCc1ccn(-c2cc(Cl)c(Cl)cc2Cl)n1. The number of nitrogens with one attached hydrogen (secondary N) is 1. The largest absolute Gasteiger partial charge is 0.311 e. The molecule has 1 heterocycles. The molecule has 3 nitrogen and oxygen atoms in total. The Morgan fingerprint density at radius 3 is 2.63 bits per heavy atom. The van der Waals surface area contributed by atoms with E-state index in [4.69, 9.17) is 34.8 Å². The maximum absolute atomic E-state index is 6.15. The molecule has 0 aliphatic rings. The van der Waals surface area contributed by atoms with Crippen LogP contribution < -0.4 is 5.32 Å². The lowest BCUT2D eigenvalue weighted by atomic mass is 10.3. The summed E-state index contributed by atoms with van der Waals surface area (Å²) >= 11 is 18.1. The van der Waals surface area contributed by atoms with E-state index in [0.717, 1.165) is 30.9 Å². The fraction of sp³-hybridized carbons (Fsp3) is 0.308. The summed E-state index contributed by atoms with van der Waals surface area (Å²) in [5.74, 6) is 0. The summed E-state index contributed by atoms with van der Waals surface area (Å²) < 4.78 is 1.70. The number of aromatic nitrogens is 2. The highest BCUT2D eigenvalue weighted by Gasteiger charge is 2.09. The fourth-order valence-corrected chi connectivity index (χ4v) is 2.30. The molecule has 0 atom stereocenters. The standard InChI is InChI=1S/C13H14Cl3N3/c1-2-4-17-8-9-3-5-19(18-9)13-7-11(15)10(14)6-12(13)16/h3,5-7,17H,2,4,8H2,1H3. The first-order valence-electron chi connectivity index (χ1n) is 6.02. The second kappa shape index (κ2) is 6.62. The van der Waals surface area contributed by atoms with Crippen LogP contribution >= 0.6 is 34.8 Å². The summed E-state index contributed by atoms with van der Waals surface area (Å²) in [6.07, 6.45) is 2.95. The first-order chi connectivity index (χ1) is 9.11. The van der Waals surface area contributed by atoms with Crippen molar-refractivity contribution in [3.63, 3.8) is 0 Å². The number of hydrogen-bond donors (Lipinski definition) is 1. The van der Waals surface area contributed by atoms with Gasteiger partial charge in [-0.05, 0) is 31.2 Å². The molecule has 1 aromatic carbocycles. The normalized spacial score (nSPS) is 10.9. The molecule has 0 spiro atoms. The molecule has 2 aromatic rings. The van der Waals surface area contributed by atoms with Gasteiger partial charge in [0.15, 0.2) is 0 Å². The monoisotopic (exact) mass is 317 g/mol. The molecule has 0 amide bonds. The molecular formula is C13H14Cl3N3. The van der Waals surface area contributed by atoms with E-state index in [1.165, 1.54) is 0 Å². The Hall–Kier alpha value is -0.740. The Morgan fingerprint density at radius 2 is 1.89 bits per heavy atom. The number of nitrogens with zero attached hydrogens (tertiary/aromatic N) is 2. The summed E-state index contributed by atoms with van der Waals surface area (Å²) in [5, 5.41) is 9.16. The van der Waals surface area contributed by atoms with E-state index in [2.05, 4.69) is 17.3 Å². The van der Waals surface area contributed by atoms with Crippen LogP contribution in [0, 0.1) is 0 Å². The molecule has 0 fully saturated rings. The van der Waals surface area contributed by atoms with Crippen LogP contribution in [0.2, 0.25) is 15.1 Å². The topological polar surface area (TPSA) is 29.9 Å². The van der Waals surface area contributed by atoms with E-state index in [1.807, 2.05) is 12.3 Å². The van der Waals surface area contributed by atoms with E-state index in [9.17, 15) is 0 Å².